The average molecular weight is 253 g/mol. The van der Waals surface area contributed by atoms with Crippen LogP contribution >= 0.6 is 0 Å². The van der Waals surface area contributed by atoms with Gasteiger partial charge in [0.25, 0.3) is 0 Å². The highest BCUT2D eigenvalue weighted by Gasteiger charge is 2.19. The second kappa shape index (κ2) is 6.96. The van der Waals surface area contributed by atoms with Crippen molar-refractivity contribution < 1.29 is 19.4 Å². The highest BCUT2D eigenvalue weighted by molar-refractivity contribution is 5.78. The van der Waals surface area contributed by atoms with Crippen LogP contribution < -0.4 is 9.47 Å². The summed E-state index contributed by atoms with van der Waals surface area (Å²) in [5.74, 6) is 0.928. The molecule has 0 aliphatic heterocycles. The Morgan fingerprint density at radius 3 is 2.67 bits per heavy atom. The standard InChI is InChI=1S/C13H19NO4/c1-9(16)10(5-7-15)8-11-13(18-3)12(17-2)4-6-14-11/h4,6,10,15H,5,7-8H2,1-3H3. The van der Waals surface area contributed by atoms with Gasteiger partial charge in [0.1, 0.15) is 5.78 Å². The van der Waals surface area contributed by atoms with E-state index in [0.717, 1.165) is 0 Å². The molecule has 0 amide bonds. The van der Waals surface area contributed by atoms with Crippen molar-refractivity contribution in [2.24, 2.45) is 5.92 Å². The lowest BCUT2D eigenvalue weighted by molar-refractivity contribution is -0.121. The number of hydrogen-bond donors (Lipinski definition) is 1. The third-order valence-electron chi connectivity index (χ3n) is 2.86. The summed E-state index contributed by atoms with van der Waals surface area (Å²) in [5.41, 5.74) is 0.672. The topological polar surface area (TPSA) is 68.7 Å². The Bertz CT molecular complexity index is 406. The first kappa shape index (κ1) is 14.4. The summed E-state index contributed by atoms with van der Waals surface area (Å²) in [4.78, 5) is 15.7. The van der Waals surface area contributed by atoms with Gasteiger partial charge in [0, 0.05) is 31.2 Å². The minimum absolute atomic E-state index is 0.0173. The molecule has 100 valence electrons. The number of ketones is 1. The molecule has 1 aromatic heterocycles. The molecule has 0 fully saturated rings. The summed E-state index contributed by atoms with van der Waals surface area (Å²) in [7, 11) is 3.09. The first-order valence-electron chi connectivity index (χ1n) is 5.81. The van der Waals surface area contributed by atoms with Crippen LogP contribution in [0.15, 0.2) is 12.3 Å². The third-order valence-corrected chi connectivity index (χ3v) is 2.86. The Morgan fingerprint density at radius 1 is 1.44 bits per heavy atom. The summed E-state index contributed by atoms with van der Waals surface area (Å²) in [6.07, 6.45) is 2.49. The van der Waals surface area contributed by atoms with Crippen molar-refractivity contribution in [3.8, 4) is 11.5 Å². The van der Waals surface area contributed by atoms with Crippen LogP contribution in [0, 0.1) is 5.92 Å². The second-order valence-electron chi connectivity index (χ2n) is 4.02. The van der Waals surface area contributed by atoms with Gasteiger partial charge in [0.15, 0.2) is 11.5 Å². The number of rotatable bonds is 7. The second-order valence-corrected chi connectivity index (χ2v) is 4.02. The number of aromatic nitrogens is 1. The maximum atomic E-state index is 11.5. The first-order chi connectivity index (χ1) is 8.63. The van der Waals surface area contributed by atoms with Crippen molar-refractivity contribution in [2.75, 3.05) is 20.8 Å². The SMILES string of the molecule is COc1ccnc(CC(CCO)C(C)=O)c1OC. The molecule has 1 atom stereocenters. The molecule has 1 N–H and O–H groups in total. The molecule has 5 nitrogen and oxygen atoms in total. The predicted molar refractivity (Wildman–Crippen MR) is 66.9 cm³/mol. The van der Waals surface area contributed by atoms with Gasteiger partial charge < -0.3 is 14.6 Å². The molecule has 1 rings (SSSR count). The molecule has 0 aromatic carbocycles. The number of nitrogens with zero attached hydrogens (tertiary/aromatic N) is 1. The van der Waals surface area contributed by atoms with Crippen molar-refractivity contribution in [3.63, 3.8) is 0 Å². The molecule has 0 saturated carbocycles. The summed E-state index contributed by atoms with van der Waals surface area (Å²) >= 11 is 0. The molecule has 0 spiro atoms. The van der Waals surface area contributed by atoms with Crippen LogP contribution in [0.1, 0.15) is 19.0 Å². The van der Waals surface area contributed by atoms with Gasteiger partial charge in [-0.3, -0.25) is 9.78 Å². The fourth-order valence-corrected chi connectivity index (χ4v) is 1.83. The van der Waals surface area contributed by atoms with Crippen LogP contribution in [-0.4, -0.2) is 36.7 Å². The zero-order chi connectivity index (χ0) is 13.5. The van der Waals surface area contributed by atoms with Gasteiger partial charge >= 0.3 is 0 Å². The first-order valence-corrected chi connectivity index (χ1v) is 5.81. The minimum atomic E-state index is -0.247. The Hall–Kier alpha value is -1.62. The Kier molecular flexibility index (Phi) is 5.58. The van der Waals surface area contributed by atoms with Gasteiger partial charge in [-0.2, -0.15) is 0 Å². The quantitative estimate of drug-likeness (QED) is 0.791. The van der Waals surface area contributed by atoms with Gasteiger partial charge in [-0.15, -0.1) is 0 Å². The van der Waals surface area contributed by atoms with Gasteiger partial charge in [0.2, 0.25) is 0 Å². The Morgan fingerprint density at radius 2 is 2.17 bits per heavy atom. The molecule has 0 aliphatic carbocycles. The minimum Gasteiger partial charge on any atom is -0.493 e. The molecule has 18 heavy (non-hydrogen) atoms. The highest BCUT2D eigenvalue weighted by atomic mass is 16.5. The van der Waals surface area contributed by atoms with E-state index in [1.165, 1.54) is 14.0 Å². The number of pyridine rings is 1. The predicted octanol–water partition coefficient (Wildman–Crippen LogP) is 1.23. The van der Waals surface area contributed by atoms with Crippen LogP contribution in [0.2, 0.25) is 0 Å². The van der Waals surface area contributed by atoms with E-state index in [2.05, 4.69) is 4.98 Å². The molecule has 1 unspecified atom stereocenters. The molecule has 0 bridgehead atoms. The van der Waals surface area contributed by atoms with Crippen LogP contribution in [0.3, 0.4) is 0 Å². The van der Waals surface area contributed by atoms with Crippen LogP contribution in [0.5, 0.6) is 11.5 Å². The van der Waals surface area contributed by atoms with Crippen molar-refractivity contribution in [1.82, 2.24) is 4.98 Å². The highest BCUT2D eigenvalue weighted by Crippen LogP contribution is 2.31. The van der Waals surface area contributed by atoms with Crippen molar-refractivity contribution in [3.05, 3.63) is 18.0 Å². The zero-order valence-electron chi connectivity index (χ0n) is 11.0. The smallest absolute Gasteiger partial charge is 0.182 e. The molecule has 0 radical (unpaired) electrons. The zero-order valence-corrected chi connectivity index (χ0v) is 11.0. The molecule has 1 heterocycles. The van der Waals surface area contributed by atoms with Gasteiger partial charge in [-0.1, -0.05) is 0 Å². The summed E-state index contributed by atoms with van der Waals surface area (Å²) in [6, 6.07) is 1.71. The van der Waals surface area contributed by atoms with Gasteiger partial charge in [-0.05, 0) is 13.3 Å². The fraction of sp³-hybridized carbons (Fsp3) is 0.538. The van der Waals surface area contributed by atoms with E-state index in [-0.39, 0.29) is 18.3 Å². The van der Waals surface area contributed by atoms with E-state index in [4.69, 9.17) is 14.6 Å². The van der Waals surface area contributed by atoms with Gasteiger partial charge in [0.05, 0.1) is 19.9 Å². The number of aliphatic hydroxyl groups is 1. The maximum Gasteiger partial charge on any atom is 0.182 e. The molecular weight excluding hydrogens is 234 g/mol. The third kappa shape index (κ3) is 3.43. The lowest BCUT2D eigenvalue weighted by Crippen LogP contribution is -2.17. The molecule has 5 heteroatoms. The monoisotopic (exact) mass is 253 g/mol. The number of ether oxygens (including phenoxy) is 2. The maximum absolute atomic E-state index is 11.5. The number of methoxy groups -OCH3 is 2. The van der Waals surface area contributed by atoms with Crippen LogP contribution in [-0.2, 0) is 11.2 Å². The molecule has 0 aliphatic rings. The van der Waals surface area contributed by atoms with E-state index < -0.39 is 0 Å². The van der Waals surface area contributed by atoms with Crippen LogP contribution in [0.25, 0.3) is 0 Å². The van der Waals surface area contributed by atoms with Crippen molar-refractivity contribution in [1.29, 1.82) is 0 Å². The van der Waals surface area contributed by atoms with E-state index in [1.807, 2.05) is 0 Å². The molecular formula is C13H19NO4. The number of hydrogen-bond acceptors (Lipinski definition) is 5. The Balaban J connectivity index is 2.98. The number of carbonyl (C=O) groups excluding carboxylic acids is 1. The number of Topliss-reactive ketones (excluding diaryl/α,β-unsaturated/α-hetero) is 1. The lowest BCUT2D eigenvalue weighted by atomic mass is 9.95. The van der Waals surface area contributed by atoms with Crippen molar-refractivity contribution >= 4 is 5.78 Å². The number of carbonyl (C=O) groups is 1. The van der Waals surface area contributed by atoms with Crippen LogP contribution in [0.4, 0.5) is 0 Å². The summed E-state index contributed by atoms with van der Waals surface area (Å²) in [6.45, 7) is 1.50. The normalized spacial score (nSPS) is 12.0. The lowest BCUT2D eigenvalue weighted by Gasteiger charge is -2.15. The largest absolute Gasteiger partial charge is 0.493 e. The average Bonchev–Trinajstić information content (AvgIpc) is 2.37. The fourth-order valence-electron chi connectivity index (χ4n) is 1.83. The molecule has 1 aromatic rings. The van der Waals surface area contributed by atoms with Crippen molar-refractivity contribution in [2.45, 2.75) is 19.8 Å². The van der Waals surface area contributed by atoms with E-state index >= 15 is 0 Å². The van der Waals surface area contributed by atoms with Gasteiger partial charge in [-0.25, -0.2) is 0 Å². The Labute approximate surface area is 107 Å². The molecule has 0 saturated heterocycles. The van der Waals surface area contributed by atoms with E-state index in [9.17, 15) is 4.79 Å². The number of aliphatic hydroxyl groups excluding tert-OH is 1. The van der Waals surface area contributed by atoms with E-state index in [0.29, 0.717) is 30.0 Å². The van der Waals surface area contributed by atoms with E-state index in [1.54, 1.807) is 19.4 Å². The summed E-state index contributed by atoms with van der Waals surface area (Å²) < 4.78 is 10.4. The summed E-state index contributed by atoms with van der Waals surface area (Å²) in [5, 5.41) is 8.96.